The van der Waals surface area contributed by atoms with E-state index in [0.717, 1.165) is 121 Å². The molecule has 15 rings (SSSR count). The van der Waals surface area contributed by atoms with Gasteiger partial charge in [0, 0.05) is 66.6 Å². The van der Waals surface area contributed by atoms with Gasteiger partial charge in [-0.15, -0.1) is 0 Å². The molecule has 6 nitrogen and oxygen atoms in total. The Bertz CT molecular complexity index is 4360. The van der Waals surface area contributed by atoms with E-state index in [-0.39, 0.29) is 0 Å². The molecule has 0 unspecified atom stereocenters. The first-order valence-electron chi connectivity index (χ1n) is 24.4. The van der Waals surface area contributed by atoms with Crippen LogP contribution in [0.3, 0.4) is 0 Å². The molecule has 0 aliphatic rings. The van der Waals surface area contributed by atoms with Crippen molar-refractivity contribution in [2.45, 2.75) is 0 Å². The van der Waals surface area contributed by atoms with Gasteiger partial charge in [0.2, 0.25) is 0 Å². The number of hydrogen-bond acceptors (Lipinski definition) is 4. The summed E-state index contributed by atoms with van der Waals surface area (Å²) in [5, 5.41) is 11.2. The maximum Gasteiger partial charge on any atom is 0.0966 e. The van der Waals surface area contributed by atoms with Gasteiger partial charge in [-0.25, -0.2) is 0 Å². The van der Waals surface area contributed by atoms with Crippen LogP contribution in [0.15, 0.2) is 243 Å². The average molecular weight is 917 g/mol. The van der Waals surface area contributed by atoms with Gasteiger partial charge < -0.3 is 9.13 Å². The van der Waals surface area contributed by atoms with Crippen LogP contribution in [0.1, 0.15) is 0 Å². The molecule has 0 aliphatic heterocycles. The van der Waals surface area contributed by atoms with Gasteiger partial charge in [0.25, 0.3) is 0 Å². The van der Waals surface area contributed by atoms with E-state index < -0.39 is 0 Å². The van der Waals surface area contributed by atoms with Gasteiger partial charge in [-0.05, 0) is 57.3 Å². The van der Waals surface area contributed by atoms with E-state index in [0.29, 0.717) is 0 Å². The number of fused-ring (bicyclic) bond motifs is 13. The van der Waals surface area contributed by atoms with E-state index in [1.165, 1.54) is 21.9 Å². The number of benzene rings is 9. The predicted octanol–water partition coefficient (Wildman–Crippen LogP) is 16.7. The van der Waals surface area contributed by atoms with Crippen LogP contribution in [-0.4, -0.2) is 29.1 Å². The molecular formula is C66H40N6. The Balaban J connectivity index is 1.08. The maximum absolute atomic E-state index is 5.21. The fourth-order valence-electron chi connectivity index (χ4n) is 11.5. The number of pyridine rings is 4. The number of aromatic nitrogens is 6. The summed E-state index contributed by atoms with van der Waals surface area (Å²) in [6, 6.07) is 78.6. The van der Waals surface area contributed by atoms with E-state index >= 15 is 0 Å². The molecule has 0 amide bonds. The minimum Gasteiger partial charge on any atom is -0.306 e. The summed E-state index contributed by atoms with van der Waals surface area (Å²) >= 11 is 0. The van der Waals surface area contributed by atoms with Crippen molar-refractivity contribution in [1.29, 1.82) is 0 Å². The lowest BCUT2D eigenvalue weighted by Crippen LogP contribution is -2.00. The standard InChI is InChI=1S/C66H40N6/c1-5-15-41(16-6-1)57-55-33-29-51-52-30-34-56-58(42-17-7-2-8-18-42)64(46-21-11-4-12-22-46)72(50-38-48-28-26-44-24-14-36-68-60(44)62(48)70-40-50)66(56)54(52)32-31-53(51)65(55)71(63(57)45-19-9-3-10-20-45)49-37-47-27-25-43-23-13-35-67-59(43)61(47)69-39-49/h1-40H. The Morgan fingerprint density at radius 2 is 0.611 bits per heavy atom. The monoisotopic (exact) mass is 916 g/mol. The summed E-state index contributed by atoms with van der Waals surface area (Å²) in [5.74, 6) is 0. The molecular weight excluding hydrogens is 877 g/mol. The molecule has 0 bridgehead atoms. The zero-order valence-corrected chi connectivity index (χ0v) is 38.8. The lowest BCUT2D eigenvalue weighted by atomic mass is 9.94. The SMILES string of the molecule is c1ccc(-c2c(-c3ccccc3)n(-c3cnc4c(ccc5cccnc54)c3)c3c2ccc2c4ccc5c(-c6ccccc6)c(-c6ccccc6)n(-c6cnc7c(ccc8cccnc87)c6)c5c4ccc23)cc1. The maximum atomic E-state index is 5.21. The Morgan fingerprint density at radius 1 is 0.264 bits per heavy atom. The number of hydrogen-bond donors (Lipinski definition) is 0. The highest BCUT2D eigenvalue weighted by atomic mass is 15.0. The normalized spacial score (nSPS) is 11.9. The predicted molar refractivity (Wildman–Crippen MR) is 298 cm³/mol. The number of nitrogens with zero attached hydrogens (tertiary/aromatic N) is 6. The highest BCUT2D eigenvalue weighted by Gasteiger charge is 2.27. The smallest absolute Gasteiger partial charge is 0.0966 e. The fraction of sp³-hybridized carbons (Fsp3) is 0. The quantitative estimate of drug-likeness (QED) is 0.156. The third kappa shape index (κ3) is 6.03. The Labute approximate surface area is 413 Å². The summed E-state index contributed by atoms with van der Waals surface area (Å²) in [6.07, 6.45) is 7.75. The zero-order valence-electron chi connectivity index (χ0n) is 38.8. The highest BCUT2D eigenvalue weighted by Crippen LogP contribution is 2.49. The summed E-state index contributed by atoms with van der Waals surface area (Å²) in [5.41, 5.74) is 16.9. The van der Waals surface area contributed by atoms with E-state index in [1.807, 2.05) is 36.9 Å². The van der Waals surface area contributed by atoms with Gasteiger partial charge in [0.15, 0.2) is 0 Å². The molecule has 0 spiro atoms. The van der Waals surface area contributed by atoms with E-state index in [4.69, 9.17) is 19.9 Å². The van der Waals surface area contributed by atoms with Gasteiger partial charge in [-0.3, -0.25) is 19.9 Å². The number of rotatable bonds is 6. The lowest BCUT2D eigenvalue weighted by Gasteiger charge is -2.16. The topological polar surface area (TPSA) is 61.4 Å². The molecule has 15 aromatic rings. The second-order valence-electron chi connectivity index (χ2n) is 18.6. The molecule has 0 fully saturated rings. The molecule has 9 aromatic carbocycles. The van der Waals surface area contributed by atoms with Crippen molar-refractivity contribution in [2.75, 3.05) is 0 Å². The van der Waals surface area contributed by atoms with E-state index in [2.05, 4.69) is 215 Å². The van der Waals surface area contributed by atoms with Crippen molar-refractivity contribution in [3.05, 3.63) is 243 Å². The lowest BCUT2D eigenvalue weighted by molar-refractivity contribution is 1.12. The molecule has 72 heavy (non-hydrogen) atoms. The molecule has 6 heteroatoms. The van der Waals surface area contributed by atoms with E-state index in [9.17, 15) is 0 Å². The second-order valence-corrected chi connectivity index (χ2v) is 18.6. The van der Waals surface area contributed by atoms with Crippen LogP contribution < -0.4 is 0 Å². The summed E-state index contributed by atoms with van der Waals surface area (Å²) in [6.45, 7) is 0. The molecule has 0 aliphatic carbocycles. The van der Waals surface area contributed by atoms with Crippen LogP contribution in [0.5, 0.6) is 0 Å². The molecule has 6 aromatic heterocycles. The molecule has 334 valence electrons. The minimum atomic E-state index is 0.886. The minimum absolute atomic E-state index is 0.886. The molecule has 6 heterocycles. The third-order valence-electron chi connectivity index (χ3n) is 14.6. The average Bonchev–Trinajstić information content (AvgIpc) is 4.00. The molecule has 0 atom stereocenters. The summed E-state index contributed by atoms with van der Waals surface area (Å²) in [7, 11) is 0. The highest BCUT2D eigenvalue weighted by molar-refractivity contribution is 6.26. The van der Waals surface area contributed by atoms with Crippen LogP contribution in [0.2, 0.25) is 0 Å². The van der Waals surface area contributed by atoms with Crippen LogP contribution in [0, 0.1) is 0 Å². The Kier molecular flexibility index (Phi) is 8.86. The van der Waals surface area contributed by atoms with Crippen molar-refractivity contribution >= 4 is 87.0 Å². The molecule has 0 saturated carbocycles. The van der Waals surface area contributed by atoms with Crippen LogP contribution in [0.25, 0.3) is 143 Å². The molecule has 0 N–H and O–H groups in total. The van der Waals surface area contributed by atoms with Crippen molar-refractivity contribution in [1.82, 2.24) is 29.1 Å². The van der Waals surface area contributed by atoms with Crippen molar-refractivity contribution in [2.24, 2.45) is 0 Å². The Morgan fingerprint density at radius 3 is 1.03 bits per heavy atom. The first kappa shape index (κ1) is 40.1. The molecule has 0 radical (unpaired) electrons. The van der Waals surface area contributed by atoms with E-state index in [1.54, 1.807) is 0 Å². The van der Waals surface area contributed by atoms with Crippen molar-refractivity contribution in [3.8, 4) is 56.1 Å². The molecule has 0 saturated heterocycles. The van der Waals surface area contributed by atoms with Gasteiger partial charge in [0.05, 0.1) is 68.3 Å². The third-order valence-corrected chi connectivity index (χ3v) is 14.6. The van der Waals surface area contributed by atoms with Crippen molar-refractivity contribution < 1.29 is 0 Å². The van der Waals surface area contributed by atoms with Gasteiger partial charge in [-0.2, -0.15) is 0 Å². The summed E-state index contributed by atoms with van der Waals surface area (Å²) in [4.78, 5) is 20.0. The Hall–Kier alpha value is -9.78. The van der Waals surface area contributed by atoms with Gasteiger partial charge in [0.1, 0.15) is 0 Å². The largest absolute Gasteiger partial charge is 0.306 e. The summed E-state index contributed by atoms with van der Waals surface area (Å²) < 4.78 is 4.91. The van der Waals surface area contributed by atoms with Crippen LogP contribution in [-0.2, 0) is 0 Å². The fourth-order valence-corrected chi connectivity index (χ4v) is 11.5. The second kappa shape index (κ2) is 15.9. The first-order valence-corrected chi connectivity index (χ1v) is 24.4. The zero-order chi connectivity index (χ0) is 47.3. The first-order chi connectivity index (χ1) is 35.7. The van der Waals surface area contributed by atoms with Gasteiger partial charge in [-0.1, -0.05) is 194 Å². The van der Waals surface area contributed by atoms with Gasteiger partial charge >= 0.3 is 0 Å². The van der Waals surface area contributed by atoms with Crippen LogP contribution >= 0.6 is 0 Å². The van der Waals surface area contributed by atoms with Crippen molar-refractivity contribution in [3.63, 3.8) is 0 Å². The van der Waals surface area contributed by atoms with Crippen LogP contribution in [0.4, 0.5) is 0 Å².